The molecule has 1 aromatic heterocycles. The Hall–Kier alpha value is -1.16. The van der Waals surface area contributed by atoms with E-state index in [0.29, 0.717) is 18.4 Å². The van der Waals surface area contributed by atoms with Gasteiger partial charge in [-0.1, -0.05) is 0 Å². The van der Waals surface area contributed by atoms with Crippen molar-refractivity contribution in [2.45, 2.75) is 25.7 Å². The summed E-state index contributed by atoms with van der Waals surface area (Å²) in [7, 11) is 0. The Kier molecular flexibility index (Phi) is 3.50. The lowest BCUT2D eigenvalue weighted by Crippen LogP contribution is -2.27. The Labute approximate surface area is 90.1 Å². The maximum Gasteiger partial charge on any atom is 0.233 e. The van der Waals surface area contributed by atoms with Gasteiger partial charge in [-0.05, 0) is 38.9 Å². The van der Waals surface area contributed by atoms with Crippen molar-refractivity contribution in [1.29, 1.82) is 0 Å². The molecule has 1 aromatic rings. The third-order valence-electron chi connectivity index (χ3n) is 2.71. The normalized spacial score (nSPS) is 17.7. The minimum atomic E-state index is 0.564. The Morgan fingerprint density at radius 1 is 1.33 bits per heavy atom. The average molecular weight is 207 g/mol. The van der Waals surface area contributed by atoms with E-state index in [2.05, 4.69) is 15.5 Å². The molecule has 15 heavy (non-hydrogen) atoms. The van der Waals surface area contributed by atoms with E-state index < -0.39 is 0 Å². The zero-order valence-corrected chi connectivity index (χ0v) is 9.07. The number of aromatic nitrogens is 2. The van der Waals surface area contributed by atoms with Gasteiger partial charge in [-0.2, -0.15) is 5.10 Å². The highest BCUT2D eigenvalue weighted by molar-refractivity contribution is 5.15. The molecule has 0 spiro atoms. The van der Waals surface area contributed by atoms with E-state index in [4.69, 9.17) is 4.74 Å². The fourth-order valence-electron chi connectivity index (χ4n) is 1.89. The SMILES string of the molecule is CCOc1ccc(C2CCNCC2)nn1. The first-order chi connectivity index (χ1) is 7.40. The molecule has 2 rings (SSSR count). The molecule has 2 heterocycles. The second kappa shape index (κ2) is 5.07. The molecule has 4 nitrogen and oxygen atoms in total. The van der Waals surface area contributed by atoms with Gasteiger partial charge in [0.15, 0.2) is 0 Å². The van der Waals surface area contributed by atoms with Crippen LogP contribution in [0.3, 0.4) is 0 Å². The minimum absolute atomic E-state index is 0.564. The Morgan fingerprint density at radius 2 is 2.13 bits per heavy atom. The molecule has 1 aliphatic rings. The van der Waals surface area contributed by atoms with Gasteiger partial charge >= 0.3 is 0 Å². The van der Waals surface area contributed by atoms with Gasteiger partial charge in [0.05, 0.1) is 12.3 Å². The van der Waals surface area contributed by atoms with E-state index in [9.17, 15) is 0 Å². The van der Waals surface area contributed by atoms with Crippen molar-refractivity contribution in [3.8, 4) is 5.88 Å². The fourth-order valence-corrected chi connectivity index (χ4v) is 1.89. The van der Waals surface area contributed by atoms with Gasteiger partial charge in [0.1, 0.15) is 0 Å². The first-order valence-electron chi connectivity index (χ1n) is 5.57. The van der Waals surface area contributed by atoms with E-state index in [1.807, 2.05) is 19.1 Å². The molecule has 0 atom stereocenters. The summed E-state index contributed by atoms with van der Waals surface area (Å²) in [5, 5.41) is 11.6. The minimum Gasteiger partial charge on any atom is -0.477 e. The van der Waals surface area contributed by atoms with Gasteiger partial charge in [-0.15, -0.1) is 5.10 Å². The topological polar surface area (TPSA) is 47.0 Å². The summed E-state index contributed by atoms with van der Waals surface area (Å²) in [4.78, 5) is 0. The Balaban J connectivity index is 2.02. The second-order valence-electron chi connectivity index (χ2n) is 3.75. The van der Waals surface area contributed by atoms with Crippen LogP contribution < -0.4 is 10.1 Å². The summed E-state index contributed by atoms with van der Waals surface area (Å²) in [6.07, 6.45) is 2.31. The van der Waals surface area contributed by atoms with Crippen molar-refractivity contribution in [2.75, 3.05) is 19.7 Å². The van der Waals surface area contributed by atoms with Gasteiger partial charge < -0.3 is 10.1 Å². The molecule has 0 saturated carbocycles. The first-order valence-corrected chi connectivity index (χ1v) is 5.57. The highest BCUT2D eigenvalue weighted by Crippen LogP contribution is 2.23. The molecule has 0 aliphatic carbocycles. The molecule has 0 radical (unpaired) electrons. The molecule has 1 aliphatic heterocycles. The molecular formula is C11H17N3O. The molecular weight excluding hydrogens is 190 g/mol. The number of nitrogens with one attached hydrogen (secondary N) is 1. The molecule has 1 saturated heterocycles. The zero-order valence-electron chi connectivity index (χ0n) is 9.07. The van der Waals surface area contributed by atoms with Gasteiger partial charge in [0.25, 0.3) is 0 Å². The molecule has 1 N–H and O–H groups in total. The number of piperidine rings is 1. The van der Waals surface area contributed by atoms with E-state index in [1.165, 1.54) is 0 Å². The Bertz CT molecular complexity index is 293. The standard InChI is InChI=1S/C11H17N3O/c1-2-15-11-4-3-10(13-14-11)9-5-7-12-8-6-9/h3-4,9,12H,2,5-8H2,1H3. The van der Waals surface area contributed by atoms with E-state index >= 15 is 0 Å². The monoisotopic (exact) mass is 207 g/mol. The summed E-state index contributed by atoms with van der Waals surface area (Å²) in [5.41, 5.74) is 1.10. The van der Waals surface area contributed by atoms with Crippen molar-refractivity contribution in [1.82, 2.24) is 15.5 Å². The highest BCUT2D eigenvalue weighted by atomic mass is 16.5. The fraction of sp³-hybridized carbons (Fsp3) is 0.636. The number of ether oxygens (including phenoxy) is 1. The first kappa shape index (κ1) is 10.4. The predicted octanol–water partition coefficient (Wildman–Crippen LogP) is 1.34. The maximum atomic E-state index is 5.26. The van der Waals surface area contributed by atoms with Gasteiger partial charge in [-0.3, -0.25) is 0 Å². The van der Waals surface area contributed by atoms with Crippen LogP contribution in [0.4, 0.5) is 0 Å². The van der Waals surface area contributed by atoms with Crippen molar-refractivity contribution in [3.63, 3.8) is 0 Å². The second-order valence-corrected chi connectivity index (χ2v) is 3.75. The maximum absolute atomic E-state index is 5.26. The largest absolute Gasteiger partial charge is 0.477 e. The van der Waals surface area contributed by atoms with E-state index in [-0.39, 0.29) is 0 Å². The number of nitrogens with zero attached hydrogens (tertiary/aromatic N) is 2. The van der Waals surface area contributed by atoms with Gasteiger partial charge in [0.2, 0.25) is 5.88 Å². The third kappa shape index (κ3) is 2.65. The third-order valence-corrected chi connectivity index (χ3v) is 2.71. The molecule has 4 heteroatoms. The van der Waals surface area contributed by atoms with Crippen LogP contribution in [0.2, 0.25) is 0 Å². The Morgan fingerprint density at radius 3 is 2.73 bits per heavy atom. The lowest BCUT2D eigenvalue weighted by Gasteiger charge is -2.21. The molecule has 0 unspecified atom stereocenters. The van der Waals surface area contributed by atoms with Crippen molar-refractivity contribution >= 4 is 0 Å². The van der Waals surface area contributed by atoms with Crippen LogP contribution in [-0.4, -0.2) is 29.9 Å². The quantitative estimate of drug-likeness (QED) is 0.812. The van der Waals surface area contributed by atoms with Crippen LogP contribution in [0, 0.1) is 0 Å². The summed E-state index contributed by atoms with van der Waals surface area (Å²) < 4.78 is 5.26. The van der Waals surface area contributed by atoms with Gasteiger partial charge in [-0.25, -0.2) is 0 Å². The summed E-state index contributed by atoms with van der Waals surface area (Å²) in [5.74, 6) is 1.18. The van der Waals surface area contributed by atoms with Crippen molar-refractivity contribution in [2.24, 2.45) is 0 Å². The molecule has 0 bridgehead atoms. The smallest absolute Gasteiger partial charge is 0.233 e. The number of hydrogen-bond donors (Lipinski definition) is 1. The number of hydrogen-bond acceptors (Lipinski definition) is 4. The van der Waals surface area contributed by atoms with Gasteiger partial charge in [0, 0.05) is 12.0 Å². The lowest BCUT2D eigenvalue weighted by atomic mass is 9.94. The van der Waals surface area contributed by atoms with Crippen LogP contribution in [-0.2, 0) is 0 Å². The molecule has 0 aromatic carbocycles. The molecule has 82 valence electrons. The molecule has 0 amide bonds. The van der Waals surface area contributed by atoms with Crippen LogP contribution in [0.15, 0.2) is 12.1 Å². The van der Waals surface area contributed by atoms with Crippen molar-refractivity contribution < 1.29 is 4.74 Å². The lowest BCUT2D eigenvalue weighted by molar-refractivity contribution is 0.321. The van der Waals surface area contributed by atoms with Crippen molar-refractivity contribution in [3.05, 3.63) is 17.8 Å². The van der Waals surface area contributed by atoms with E-state index in [0.717, 1.165) is 31.6 Å². The zero-order chi connectivity index (χ0) is 10.5. The summed E-state index contributed by atoms with van der Waals surface area (Å²) >= 11 is 0. The van der Waals surface area contributed by atoms with Crippen LogP contribution in [0.25, 0.3) is 0 Å². The average Bonchev–Trinajstić information content (AvgIpc) is 2.32. The molecule has 1 fully saturated rings. The van der Waals surface area contributed by atoms with Crippen LogP contribution in [0.1, 0.15) is 31.4 Å². The van der Waals surface area contributed by atoms with E-state index in [1.54, 1.807) is 0 Å². The number of rotatable bonds is 3. The predicted molar refractivity (Wildman–Crippen MR) is 58.0 cm³/mol. The highest BCUT2D eigenvalue weighted by Gasteiger charge is 2.16. The summed E-state index contributed by atoms with van der Waals surface area (Å²) in [6, 6.07) is 3.95. The van der Waals surface area contributed by atoms with Crippen LogP contribution >= 0.6 is 0 Å². The van der Waals surface area contributed by atoms with Crippen LogP contribution in [0.5, 0.6) is 5.88 Å². The summed E-state index contributed by atoms with van der Waals surface area (Å²) in [6.45, 7) is 4.75.